The topological polar surface area (TPSA) is 133 Å². The number of hydrogen-bond acceptors (Lipinski definition) is 8. The van der Waals surface area contributed by atoms with Gasteiger partial charge in [-0.2, -0.15) is 4.98 Å². The van der Waals surface area contributed by atoms with E-state index in [9.17, 15) is 4.79 Å². The number of nitrogens with one attached hydrogen (secondary N) is 1. The lowest BCUT2D eigenvalue weighted by Gasteiger charge is -2.03. The molecule has 3 aromatic heterocycles. The number of carbonyl (C=O) groups excluding carboxylic acids is 1. The number of nitrogen functional groups attached to an aromatic ring is 1. The highest BCUT2D eigenvalue weighted by atomic mass is 16.5. The first-order valence-corrected chi connectivity index (χ1v) is 6.28. The lowest BCUT2D eigenvalue weighted by molar-refractivity contribution is 0.0959. The van der Waals surface area contributed by atoms with E-state index in [1.807, 2.05) is 0 Å². The molecule has 3 heterocycles. The largest absolute Gasteiger partial charge is 0.382 e. The van der Waals surface area contributed by atoms with Gasteiger partial charge >= 0.3 is 0 Å². The van der Waals surface area contributed by atoms with Gasteiger partial charge in [-0.05, 0) is 12.1 Å². The minimum atomic E-state index is -0.442. The molecule has 0 fully saturated rings. The molecule has 9 nitrogen and oxygen atoms in total. The molecule has 0 bridgehead atoms. The zero-order valence-corrected chi connectivity index (χ0v) is 11.5. The Bertz CT molecular complexity index is 816. The molecule has 0 aliphatic heterocycles. The van der Waals surface area contributed by atoms with E-state index < -0.39 is 5.91 Å². The number of pyridine rings is 1. The monoisotopic (exact) mass is 297 g/mol. The Hall–Kier alpha value is -3.36. The highest BCUT2D eigenvalue weighted by Gasteiger charge is 2.17. The van der Waals surface area contributed by atoms with Crippen molar-refractivity contribution in [2.75, 3.05) is 12.8 Å². The van der Waals surface area contributed by atoms with Crippen molar-refractivity contribution in [3.8, 4) is 23.0 Å². The van der Waals surface area contributed by atoms with E-state index in [1.165, 1.54) is 13.2 Å². The van der Waals surface area contributed by atoms with Crippen molar-refractivity contribution < 1.29 is 9.32 Å². The van der Waals surface area contributed by atoms with Crippen LogP contribution in [0.5, 0.6) is 0 Å². The fourth-order valence-electron chi connectivity index (χ4n) is 1.73. The van der Waals surface area contributed by atoms with Crippen molar-refractivity contribution in [1.29, 1.82) is 0 Å². The number of anilines is 1. The molecular weight excluding hydrogens is 286 g/mol. The van der Waals surface area contributed by atoms with Gasteiger partial charge < -0.3 is 15.6 Å². The van der Waals surface area contributed by atoms with E-state index >= 15 is 0 Å². The first-order valence-electron chi connectivity index (χ1n) is 6.28. The number of aromatic nitrogens is 5. The molecular formula is C13H11N7O2. The van der Waals surface area contributed by atoms with Gasteiger partial charge in [0.2, 0.25) is 5.82 Å². The summed E-state index contributed by atoms with van der Waals surface area (Å²) in [4.78, 5) is 27.9. The number of hydrogen-bond donors (Lipinski definition) is 2. The number of rotatable bonds is 3. The fraction of sp³-hybridized carbons (Fsp3) is 0.0769. The number of nitrogens with zero attached hydrogens (tertiary/aromatic N) is 5. The van der Waals surface area contributed by atoms with Crippen molar-refractivity contribution in [3.63, 3.8) is 0 Å². The van der Waals surface area contributed by atoms with Gasteiger partial charge in [-0.3, -0.25) is 9.78 Å². The maximum absolute atomic E-state index is 11.7. The molecule has 9 heteroatoms. The second-order valence-electron chi connectivity index (χ2n) is 4.23. The summed E-state index contributed by atoms with van der Waals surface area (Å²) in [6, 6.07) is 3.54. The molecule has 0 atom stereocenters. The minimum Gasteiger partial charge on any atom is -0.382 e. The van der Waals surface area contributed by atoms with Crippen molar-refractivity contribution in [2.45, 2.75) is 0 Å². The van der Waals surface area contributed by atoms with Crippen LogP contribution >= 0.6 is 0 Å². The fourth-order valence-corrected chi connectivity index (χ4v) is 1.73. The predicted octanol–water partition coefficient (Wildman–Crippen LogP) is 0.530. The van der Waals surface area contributed by atoms with Gasteiger partial charge in [0.05, 0.1) is 11.8 Å². The molecule has 22 heavy (non-hydrogen) atoms. The third-order valence-electron chi connectivity index (χ3n) is 2.81. The zero-order valence-electron chi connectivity index (χ0n) is 11.5. The molecule has 110 valence electrons. The molecule has 0 spiro atoms. The third-order valence-corrected chi connectivity index (χ3v) is 2.81. The van der Waals surface area contributed by atoms with Crippen LogP contribution in [0.25, 0.3) is 23.0 Å². The summed E-state index contributed by atoms with van der Waals surface area (Å²) in [5.74, 6) is 0.0848. The van der Waals surface area contributed by atoms with Crippen LogP contribution in [0.4, 0.5) is 5.82 Å². The number of amides is 1. The van der Waals surface area contributed by atoms with E-state index in [2.05, 4.69) is 30.4 Å². The van der Waals surface area contributed by atoms with Crippen LogP contribution in [0, 0.1) is 0 Å². The van der Waals surface area contributed by atoms with Crippen LogP contribution in [-0.2, 0) is 0 Å². The van der Waals surface area contributed by atoms with Crippen LogP contribution in [0.1, 0.15) is 10.5 Å². The maximum atomic E-state index is 11.7. The Kier molecular flexibility index (Phi) is 3.44. The Labute approximate surface area is 124 Å². The summed E-state index contributed by atoms with van der Waals surface area (Å²) >= 11 is 0. The highest BCUT2D eigenvalue weighted by Crippen LogP contribution is 2.20. The second kappa shape index (κ2) is 5.56. The number of carbonyl (C=O) groups is 1. The summed E-state index contributed by atoms with van der Waals surface area (Å²) < 4.78 is 5.16. The number of nitrogens with two attached hydrogens (primary N) is 1. The van der Waals surface area contributed by atoms with E-state index in [1.54, 1.807) is 24.5 Å². The highest BCUT2D eigenvalue weighted by molar-refractivity contribution is 5.96. The average molecular weight is 297 g/mol. The van der Waals surface area contributed by atoms with Gasteiger partial charge in [0.25, 0.3) is 11.8 Å². The van der Waals surface area contributed by atoms with Crippen LogP contribution in [0.15, 0.2) is 35.2 Å². The van der Waals surface area contributed by atoms with E-state index in [4.69, 9.17) is 10.3 Å². The van der Waals surface area contributed by atoms with Crippen molar-refractivity contribution in [1.82, 2.24) is 30.4 Å². The molecule has 0 saturated carbocycles. The Morgan fingerprint density at radius 1 is 1.32 bits per heavy atom. The molecule has 0 saturated heterocycles. The lowest BCUT2D eigenvalue weighted by atomic mass is 10.3. The Morgan fingerprint density at radius 2 is 2.18 bits per heavy atom. The molecule has 0 radical (unpaired) electrons. The van der Waals surface area contributed by atoms with Gasteiger partial charge in [0, 0.05) is 19.4 Å². The molecule has 3 aromatic rings. The first-order chi connectivity index (χ1) is 10.7. The zero-order chi connectivity index (χ0) is 15.5. The minimum absolute atomic E-state index is 0.00716. The molecule has 3 rings (SSSR count). The smallest absolute Gasteiger partial charge is 0.273 e. The van der Waals surface area contributed by atoms with Gasteiger partial charge in [-0.1, -0.05) is 5.16 Å². The summed E-state index contributed by atoms with van der Waals surface area (Å²) in [6.45, 7) is 0. The van der Waals surface area contributed by atoms with Gasteiger partial charge in [0.15, 0.2) is 11.5 Å². The van der Waals surface area contributed by atoms with E-state index in [-0.39, 0.29) is 23.0 Å². The van der Waals surface area contributed by atoms with Gasteiger partial charge in [0.1, 0.15) is 5.69 Å². The Balaban J connectivity index is 1.99. The maximum Gasteiger partial charge on any atom is 0.273 e. The van der Waals surface area contributed by atoms with Gasteiger partial charge in [-0.15, -0.1) is 0 Å². The van der Waals surface area contributed by atoms with E-state index in [0.29, 0.717) is 11.5 Å². The quantitative estimate of drug-likeness (QED) is 0.715. The van der Waals surface area contributed by atoms with Crippen LogP contribution in [0.2, 0.25) is 0 Å². The summed E-state index contributed by atoms with van der Waals surface area (Å²) in [7, 11) is 1.48. The molecule has 1 amide bonds. The van der Waals surface area contributed by atoms with Gasteiger partial charge in [-0.25, -0.2) is 9.97 Å². The molecule has 0 aliphatic rings. The first kappa shape index (κ1) is 13.6. The van der Waals surface area contributed by atoms with Crippen LogP contribution < -0.4 is 11.1 Å². The summed E-state index contributed by atoms with van der Waals surface area (Å²) in [5, 5.41) is 6.27. The van der Waals surface area contributed by atoms with Crippen molar-refractivity contribution in [3.05, 3.63) is 36.4 Å². The van der Waals surface area contributed by atoms with E-state index in [0.717, 1.165) is 0 Å². The predicted molar refractivity (Wildman–Crippen MR) is 76.4 cm³/mol. The standard InChI is InChI=1S/C13H11N7O2/c1-15-12(21)9-10(14)17-6-8(18-9)11-19-13(22-20-11)7-3-2-4-16-5-7/h2-6H,1H3,(H2,14,17)(H,15,21). The third kappa shape index (κ3) is 2.46. The Morgan fingerprint density at radius 3 is 2.91 bits per heavy atom. The van der Waals surface area contributed by atoms with Crippen LogP contribution in [0.3, 0.4) is 0 Å². The van der Waals surface area contributed by atoms with Crippen molar-refractivity contribution in [2.24, 2.45) is 0 Å². The summed E-state index contributed by atoms with van der Waals surface area (Å²) in [6.07, 6.45) is 4.61. The molecule has 3 N–H and O–H groups in total. The van der Waals surface area contributed by atoms with Crippen LogP contribution in [-0.4, -0.2) is 38.0 Å². The van der Waals surface area contributed by atoms with Crippen molar-refractivity contribution >= 4 is 11.7 Å². The lowest BCUT2D eigenvalue weighted by Crippen LogP contribution is -2.21. The molecule has 0 unspecified atom stereocenters. The average Bonchev–Trinajstić information content (AvgIpc) is 3.05. The second-order valence-corrected chi connectivity index (χ2v) is 4.23. The normalized spacial score (nSPS) is 10.4. The molecule has 0 aliphatic carbocycles. The SMILES string of the molecule is CNC(=O)c1nc(-c2noc(-c3cccnc3)n2)cnc1N. The summed E-state index contributed by atoms with van der Waals surface area (Å²) in [5.41, 5.74) is 6.60. The molecule has 0 aromatic carbocycles.